The molecule has 3 nitrogen and oxygen atoms in total. The van der Waals surface area contributed by atoms with Gasteiger partial charge in [-0.15, -0.1) is 0 Å². The first-order valence-corrected chi connectivity index (χ1v) is 5.14. The van der Waals surface area contributed by atoms with Gasteiger partial charge in [0.25, 0.3) is 0 Å². The molecule has 2 aromatic rings. The number of halogens is 2. The van der Waals surface area contributed by atoms with Crippen molar-refractivity contribution in [2.75, 3.05) is 0 Å². The van der Waals surface area contributed by atoms with Gasteiger partial charge in [0.15, 0.2) is 5.78 Å². The normalized spacial score (nSPS) is 10.4. The molecular formula is C10H6F2N2OS. The Bertz CT molecular complexity index is 493. The molecule has 1 aromatic heterocycles. The lowest BCUT2D eigenvalue weighted by molar-refractivity contribution is 0.0989. The number of Topliss-reactive ketones (excluding diaryl/α,β-unsaturated/α-hetero) is 1. The van der Waals surface area contributed by atoms with E-state index >= 15 is 0 Å². The van der Waals surface area contributed by atoms with Gasteiger partial charge in [-0.3, -0.25) is 4.79 Å². The molecule has 0 aliphatic heterocycles. The van der Waals surface area contributed by atoms with E-state index in [1.165, 1.54) is 6.20 Å². The van der Waals surface area contributed by atoms with Gasteiger partial charge in [-0.1, -0.05) is 0 Å². The maximum Gasteiger partial charge on any atom is 0.188 e. The number of aromatic nitrogens is 2. The van der Waals surface area contributed by atoms with Crippen LogP contribution in [0.1, 0.15) is 16.1 Å². The smallest absolute Gasteiger partial charge is 0.188 e. The standard InChI is InChI=1S/C10H6F2N2OS/c11-7-1-6(2-8(12)4-7)3-10(15)9-5-13-16-14-9/h1-2,4-5H,3H2. The Morgan fingerprint density at radius 1 is 1.25 bits per heavy atom. The van der Waals surface area contributed by atoms with Crippen LogP contribution < -0.4 is 0 Å². The lowest BCUT2D eigenvalue weighted by Gasteiger charge is -1.99. The summed E-state index contributed by atoms with van der Waals surface area (Å²) in [5.41, 5.74) is 0.505. The first-order valence-electron chi connectivity index (χ1n) is 4.41. The average molecular weight is 240 g/mol. The largest absolute Gasteiger partial charge is 0.292 e. The number of carbonyl (C=O) groups excluding carboxylic acids is 1. The summed E-state index contributed by atoms with van der Waals surface area (Å²) in [7, 11) is 0. The van der Waals surface area contributed by atoms with Crippen molar-refractivity contribution in [3.63, 3.8) is 0 Å². The molecule has 0 aliphatic carbocycles. The van der Waals surface area contributed by atoms with E-state index in [0.717, 1.165) is 29.9 Å². The number of carbonyl (C=O) groups is 1. The molecule has 0 atom stereocenters. The van der Waals surface area contributed by atoms with Crippen molar-refractivity contribution in [1.29, 1.82) is 0 Å². The van der Waals surface area contributed by atoms with Crippen LogP contribution in [0.2, 0.25) is 0 Å². The van der Waals surface area contributed by atoms with Crippen molar-refractivity contribution < 1.29 is 13.6 Å². The Morgan fingerprint density at radius 2 is 1.94 bits per heavy atom. The van der Waals surface area contributed by atoms with Crippen LogP contribution in [0.5, 0.6) is 0 Å². The first kappa shape index (κ1) is 10.8. The van der Waals surface area contributed by atoms with E-state index in [1.807, 2.05) is 0 Å². The maximum atomic E-state index is 12.8. The Morgan fingerprint density at radius 3 is 2.50 bits per heavy atom. The SMILES string of the molecule is O=C(Cc1cc(F)cc(F)c1)c1cnsn1. The monoisotopic (exact) mass is 240 g/mol. The minimum Gasteiger partial charge on any atom is -0.292 e. The molecule has 1 heterocycles. The van der Waals surface area contributed by atoms with Gasteiger partial charge in [0, 0.05) is 12.5 Å². The summed E-state index contributed by atoms with van der Waals surface area (Å²) in [6.45, 7) is 0. The van der Waals surface area contributed by atoms with Crippen molar-refractivity contribution in [3.05, 3.63) is 47.3 Å². The third-order valence-corrected chi connectivity index (χ3v) is 2.41. The van der Waals surface area contributed by atoms with Crippen LogP contribution in [0, 0.1) is 11.6 Å². The van der Waals surface area contributed by atoms with Crippen molar-refractivity contribution in [2.45, 2.75) is 6.42 Å². The van der Waals surface area contributed by atoms with Gasteiger partial charge in [-0.25, -0.2) is 8.78 Å². The fourth-order valence-electron chi connectivity index (χ4n) is 1.28. The molecule has 82 valence electrons. The minimum atomic E-state index is -0.695. The summed E-state index contributed by atoms with van der Waals surface area (Å²) in [4.78, 5) is 11.6. The highest BCUT2D eigenvalue weighted by molar-refractivity contribution is 6.99. The quantitative estimate of drug-likeness (QED) is 0.773. The van der Waals surface area contributed by atoms with Crippen LogP contribution in [0.3, 0.4) is 0 Å². The number of benzene rings is 1. The molecular weight excluding hydrogens is 234 g/mol. The van der Waals surface area contributed by atoms with Gasteiger partial charge in [0.05, 0.1) is 17.9 Å². The Balaban J connectivity index is 2.18. The van der Waals surface area contributed by atoms with Crippen molar-refractivity contribution in [2.24, 2.45) is 0 Å². The predicted octanol–water partition coefficient (Wildman–Crippen LogP) is 2.24. The summed E-state index contributed by atoms with van der Waals surface area (Å²) in [6, 6.07) is 3.01. The molecule has 0 spiro atoms. The number of ketones is 1. The molecule has 0 saturated heterocycles. The first-order chi connectivity index (χ1) is 7.65. The fourth-order valence-corrected chi connectivity index (χ4v) is 1.71. The molecule has 0 aliphatic rings. The van der Waals surface area contributed by atoms with Gasteiger partial charge in [0.1, 0.15) is 17.3 Å². The molecule has 0 amide bonds. The zero-order valence-corrected chi connectivity index (χ0v) is 8.80. The van der Waals surface area contributed by atoms with Gasteiger partial charge in [-0.2, -0.15) is 8.75 Å². The van der Waals surface area contributed by atoms with Gasteiger partial charge >= 0.3 is 0 Å². The van der Waals surface area contributed by atoms with E-state index in [4.69, 9.17) is 0 Å². The molecule has 0 saturated carbocycles. The number of rotatable bonds is 3. The highest BCUT2D eigenvalue weighted by atomic mass is 32.1. The van der Waals surface area contributed by atoms with Crippen LogP contribution in [0.4, 0.5) is 8.78 Å². The molecule has 16 heavy (non-hydrogen) atoms. The number of hydrogen-bond acceptors (Lipinski definition) is 4. The van der Waals surface area contributed by atoms with E-state index < -0.39 is 11.6 Å². The lowest BCUT2D eigenvalue weighted by Crippen LogP contribution is -2.04. The molecule has 6 heteroatoms. The maximum absolute atomic E-state index is 12.8. The second-order valence-corrected chi connectivity index (χ2v) is 3.73. The Kier molecular flexibility index (Phi) is 3.00. The Hall–Kier alpha value is -1.69. The summed E-state index contributed by atoms with van der Waals surface area (Å²) >= 11 is 0.916. The molecule has 0 unspecified atom stereocenters. The zero-order chi connectivity index (χ0) is 11.5. The van der Waals surface area contributed by atoms with E-state index in [0.29, 0.717) is 0 Å². The van der Waals surface area contributed by atoms with Crippen molar-refractivity contribution in [3.8, 4) is 0 Å². The second-order valence-electron chi connectivity index (χ2n) is 3.17. The van der Waals surface area contributed by atoms with Crippen LogP contribution in [-0.4, -0.2) is 14.5 Å². The van der Waals surface area contributed by atoms with Crippen LogP contribution in [-0.2, 0) is 6.42 Å². The molecule has 0 radical (unpaired) electrons. The molecule has 0 fully saturated rings. The summed E-state index contributed by atoms with van der Waals surface area (Å²) in [5.74, 6) is -1.70. The second kappa shape index (κ2) is 4.44. The van der Waals surface area contributed by atoms with Crippen molar-refractivity contribution >= 4 is 17.5 Å². The molecule has 1 aromatic carbocycles. The van der Waals surface area contributed by atoms with E-state index in [2.05, 4.69) is 8.75 Å². The average Bonchev–Trinajstić information content (AvgIpc) is 2.68. The van der Waals surface area contributed by atoms with E-state index in [9.17, 15) is 13.6 Å². The van der Waals surface area contributed by atoms with E-state index in [-0.39, 0.29) is 23.5 Å². The highest BCUT2D eigenvalue weighted by Crippen LogP contribution is 2.11. The summed E-state index contributed by atoms with van der Waals surface area (Å²) < 4.78 is 33.1. The lowest BCUT2D eigenvalue weighted by atomic mass is 10.1. The van der Waals surface area contributed by atoms with Gasteiger partial charge in [0.2, 0.25) is 0 Å². The van der Waals surface area contributed by atoms with Crippen LogP contribution in [0.25, 0.3) is 0 Å². The molecule has 0 N–H and O–H groups in total. The third kappa shape index (κ3) is 2.46. The van der Waals surface area contributed by atoms with Crippen molar-refractivity contribution in [1.82, 2.24) is 8.75 Å². The molecule has 2 rings (SSSR count). The van der Waals surface area contributed by atoms with Crippen LogP contribution in [0.15, 0.2) is 24.4 Å². The van der Waals surface area contributed by atoms with Gasteiger partial charge in [-0.05, 0) is 17.7 Å². The summed E-state index contributed by atoms with van der Waals surface area (Å²) in [5, 5.41) is 0. The van der Waals surface area contributed by atoms with E-state index in [1.54, 1.807) is 0 Å². The summed E-state index contributed by atoms with van der Waals surface area (Å²) in [6.07, 6.45) is 1.25. The number of nitrogens with zero attached hydrogens (tertiary/aromatic N) is 2. The van der Waals surface area contributed by atoms with Gasteiger partial charge < -0.3 is 0 Å². The third-order valence-electron chi connectivity index (χ3n) is 1.93. The topological polar surface area (TPSA) is 42.9 Å². The number of hydrogen-bond donors (Lipinski definition) is 0. The minimum absolute atomic E-state index is 0.0832. The highest BCUT2D eigenvalue weighted by Gasteiger charge is 2.11. The van der Waals surface area contributed by atoms with Crippen LogP contribution >= 0.6 is 11.7 Å². The zero-order valence-electron chi connectivity index (χ0n) is 7.98. The Labute approximate surface area is 94.1 Å². The fraction of sp³-hybridized carbons (Fsp3) is 0.100. The predicted molar refractivity (Wildman–Crippen MR) is 54.3 cm³/mol. The molecule has 0 bridgehead atoms.